The van der Waals surface area contributed by atoms with E-state index in [9.17, 15) is 0 Å². The first-order chi connectivity index (χ1) is 9.76. The molecular formula is C14H24N6. The lowest BCUT2D eigenvalue weighted by Crippen LogP contribution is -2.42. The lowest BCUT2D eigenvalue weighted by atomic mass is 9.99. The number of hydrogen-bond donors (Lipinski definition) is 2. The zero-order chi connectivity index (χ0) is 13.9. The number of nitrogens with zero attached hydrogens (tertiary/aromatic N) is 4. The van der Waals surface area contributed by atoms with Gasteiger partial charge >= 0.3 is 0 Å². The largest absolute Gasteiger partial charge is 0.356 e. The first-order valence-electron chi connectivity index (χ1n) is 7.59. The second-order valence-corrected chi connectivity index (χ2v) is 5.96. The van der Waals surface area contributed by atoms with Crippen molar-refractivity contribution in [1.29, 1.82) is 0 Å². The summed E-state index contributed by atoms with van der Waals surface area (Å²) in [4.78, 5) is 4.29. The molecule has 0 bridgehead atoms. The summed E-state index contributed by atoms with van der Waals surface area (Å²) in [6.07, 6.45) is 4.93. The van der Waals surface area contributed by atoms with Crippen molar-refractivity contribution >= 4 is 5.96 Å². The van der Waals surface area contributed by atoms with E-state index < -0.39 is 0 Å². The van der Waals surface area contributed by atoms with Crippen LogP contribution in [0.3, 0.4) is 0 Å². The van der Waals surface area contributed by atoms with Crippen molar-refractivity contribution in [3.05, 3.63) is 11.6 Å². The SMILES string of the molecule is CN=C(NCC1CC1)NCC1CCc2nnc(C)n2C1. The fourth-order valence-corrected chi connectivity index (χ4v) is 2.72. The number of hydrogen-bond acceptors (Lipinski definition) is 3. The highest BCUT2D eigenvalue weighted by Gasteiger charge is 2.23. The Morgan fingerprint density at radius 2 is 1.95 bits per heavy atom. The molecule has 1 aliphatic carbocycles. The van der Waals surface area contributed by atoms with Crippen LogP contribution in [-0.2, 0) is 13.0 Å². The van der Waals surface area contributed by atoms with E-state index in [1.54, 1.807) is 0 Å². The minimum atomic E-state index is 0.622. The van der Waals surface area contributed by atoms with Crippen molar-refractivity contribution in [2.75, 3.05) is 20.1 Å². The minimum Gasteiger partial charge on any atom is -0.356 e. The fourth-order valence-electron chi connectivity index (χ4n) is 2.72. The molecule has 0 radical (unpaired) electrons. The number of aliphatic imine (C=N–C) groups is 1. The Balaban J connectivity index is 1.47. The van der Waals surface area contributed by atoms with Gasteiger partial charge < -0.3 is 15.2 Å². The van der Waals surface area contributed by atoms with E-state index in [1.807, 2.05) is 14.0 Å². The second kappa shape index (κ2) is 5.81. The van der Waals surface area contributed by atoms with Crippen LogP contribution in [-0.4, -0.2) is 40.9 Å². The van der Waals surface area contributed by atoms with Crippen LogP contribution in [0.5, 0.6) is 0 Å². The quantitative estimate of drug-likeness (QED) is 0.628. The van der Waals surface area contributed by atoms with E-state index >= 15 is 0 Å². The number of rotatable bonds is 4. The van der Waals surface area contributed by atoms with Gasteiger partial charge in [-0.15, -0.1) is 10.2 Å². The van der Waals surface area contributed by atoms with Crippen molar-refractivity contribution in [2.24, 2.45) is 16.8 Å². The minimum absolute atomic E-state index is 0.622. The molecule has 1 fully saturated rings. The third-order valence-corrected chi connectivity index (χ3v) is 4.27. The number of aromatic nitrogens is 3. The van der Waals surface area contributed by atoms with Gasteiger partial charge in [-0.3, -0.25) is 4.99 Å². The second-order valence-electron chi connectivity index (χ2n) is 5.96. The lowest BCUT2D eigenvalue weighted by molar-refractivity contribution is 0.358. The normalized spacial score (nSPS) is 22.5. The summed E-state index contributed by atoms with van der Waals surface area (Å²) < 4.78 is 2.25. The van der Waals surface area contributed by atoms with Gasteiger partial charge in [-0.1, -0.05) is 0 Å². The van der Waals surface area contributed by atoms with Crippen LogP contribution in [0.2, 0.25) is 0 Å². The Hall–Kier alpha value is -1.59. The van der Waals surface area contributed by atoms with Gasteiger partial charge in [0, 0.05) is 33.1 Å². The number of fused-ring (bicyclic) bond motifs is 1. The van der Waals surface area contributed by atoms with Gasteiger partial charge in [-0.2, -0.15) is 0 Å². The average molecular weight is 276 g/mol. The van der Waals surface area contributed by atoms with E-state index in [2.05, 4.69) is 30.4 Å². The third kappa shape index (κ3) is 3.11. The summed E-state index contributed by atoms with van der Waals surface area (Å²) >= 11 is 0. The predicted molar refractivity (Wildman–Crippen MR) is 78.7 cm³/mol. The van der Waals surface area contributed by atoms with Crippen LogP contribution in [0.4, 0.5) is 0 Å². The molecule has 2 heterocycles. The molecule has 0 aromatic carbocycles. The van der Waals surface area contributed by atoms with Crippen LogP contribution in [0.15, 0.2) is 4.99 Å². The number of nitrogens with one attached hydrogen (secondary N) is 2. The van der Waals surface area contributed by atoms with Crippen LogP contribution in [0, 0.1) is 18.8 Å². The highest BCUT2D eigenvalue weighted by atomic mass is 15.3. The number of aryl methyl sites for hydroxylation is 2. The van der Waals surface area contributed by atoms with Crippen LogP contribution in [0.1, 0.15) is 30.9 Å². The van der Waals surface area contributed by atoms with Gasteiger partial charge in [0.05, 0.1) is 0 Å². The van der Waals surface area contributed by atoms with Gasteiger partial charge in [0.25, 0.3) is 0 Å². The highest BCUT2D eigenvalue weighted by molar-refractivity contribution is 5.79. The molecular weight excluding hydrogens is 252 g/mol. The van der Waals surface area contributed by atoms with Gasteiger partial charge in [-0.25, -0.2) is 0 Å². The Morgan fingerprint density at radius 3 is 2.65 bits per heavy atom. The molecule has 20 heavy (non-hydrogen) atoms. The monoisotopic (exact) mass is 276 g/mol. The maximum absolute atomic E-state index is 4.29. The number of guanidine groups is 1. The van der Waals surface area contributed by atoms with Crippen molar-refractivity contribution in [2.45, 2.75) is 39.2 Å². The molecule has 1 aliphatic heterocycles. The Morgan fingerprint density at radius 1 is 1.20 bits per heavy atom. The molecule has 1 atom stereocenters. The maximum atomic E-state index is 4.29. The molecule has 0 amide bonds. The molecule has 3 rings (SSSR count). The highest BCUT2D eigenvalue weighted by Crippen LogP contribution is 2.27. The molecule has 110 valence electrons. The molecule has 0 saturated heterocycles. The summed E-state index contributed by atoms with van der Waals surface area (Å²) in [7, 11) is 1.84. The van der Waals surface area contributed by atoms with E-state index in [4.69, 9.17) is 0 Å². The molecule has 1 unspecified atom stereocenters. The summed E-state index contributed by atoms with van der Waals surface area (Å²) in [5.74, 6) is 4.58. The van der Waals surface area contributed by atoms with Crippen LogP contribution in [0.25, 0.3) is 0 Å². The first kappa shape index (κ1) is 13.4. The van der Waals surface area contributed by atoms with Gasteiger partial charge in [0.2, 0.25) is 0 Å². The fraction of sp³-hybridized carbons (Fsp3) is 0.786. The Bertz CT molecular complexity index is 488. The molecule has 2 N–H and O–H groups in total. The standard InChI is InChI=1S/C14H24N6/c1-10-18-19-13-6-5-12(9-20(10)13)8-17-14(15-2)16-7-11-3-4-11/h11-12H,3-9H2,1-2H3,(H2,15,16,17). The smallest absolute Gasteiger partial charge is 0.190 e. The van der Waals surface area contributed by atoms with Crippen LogP contribution < -0.4 is 10.6 Å². The van der Waals surface area contributed by atoms with E-state index in [1.165, 1.54) is 19.3 Å². The average Bonchev–Trinajstić information content (AvgIpc) is 3.23. The first-order valence-corrected chi connectivity index (χ1v) is 7.59. The molecule has 1 aromatic rings. The van der Waals surface area contributed by atoms with E-state index in [0.717, 1.165) is 49.6 Å². The van der Waals surface area contributed by atoms with Crippen molar-refractivity contribution in [1.82, 2.24) is 25.4 Å². The molecule has 6 nitrogen and oxygen atoms in total. The molecule has 1 saturated carbocycles. The van der Waals surface area contributed by atoms with E-state index in [0.29, 0.717) is 5.92 Å². The lowest BCUT2D eigenvalue weighted by Gasteiger charge is -2.25. The zero-order valence-corrected chi connectivity index (χ0v) is 12.4. The summed E-state index contributed by atoms with van der Waals surface area (Å²) in [6, 6.07) is 0. The third-order valence-electron chi connectivity index (χ3n) is 4.27. The molecule has 2 aliphatic rings. The Labute approximate surface area is 120 Å². The van der Waals surface area contributed by atoms with Crippen molar-refractivity contribution < 1.29 is 0 Å². The van der Waals surface area contributed by atoms with Gasteiger partial charge in [-0.05, 0) is 38.0 Å². The maximum Gasteiger partial charge on any atom is 0.190 e. The molecule has 1 aromatic heterocycles. The van der Waals surface area contributed by atoms with Gasteiger partial charge in [0.15, 0.2) is 5.96 Å². The topological polar surface area (TPSA) is 67.1 Å². The van der Waals surface area contributed by atoms with Gasteiger partial charge in [0.1, 0.15) is 11.6 Å². The summed E-state index contributed by atoms with van der Waals surface area (Å²) in [5, 5.41) is 15.2. The zero-order valence-electron chi connectivity index (χ0n) is 12.4. The summed E-state index contributed by atoms with van der Waals surface area (Å²) in [5.41, 5.74) is 0. The predicted octanol–water partition coefficient (Wildman–Crippen LogP) is 0.724. The van der Waals surface area contributed by atoms with E-state index in [-0.39, 0.29) is 0 Å². The Kier molecular flexibility index (Phi) is 3.89. The van der Waals surface area contributed by atoms with Crippen molar-refractivity contribution in [3.8, 4) is 0 Å². The summed E-state index contributed by atoms with van der Waals surface area (Å²) in [6.45, 7) is 5.06. The molecule has 6 heteroatoms. The van der Waals surface area contributed by atoms with Crippen molar-refractivity contribution in [3.63, 3.8) is 0 Å². The van der Waals surface area contributed by atoms with Crippen LogP contribution >= 0.6 is 0 Å². The molecule has 0 spiro atoms.